The number of hydrogen-bond donors (Lipinski definition) is 2. The number of rotatable bonds is 4. The van der Waals surface area contributed by atoms with Crippen molar-refractivity contribution in [3.8, 4) is 0 Å². The normalized spacial score (nSPS) is 19.0. The van der Waals surface area contributed by atoms with Crippen LogP contribution in [0.1, 0.15) is 38.8 Å². The van der Waals surface area contributed by atoms with E-state index in [0.29, 0.717) is 17.3 Å². The Kier molecular flexibility index (Phi) is 5.39. The standard InChI is InChI=1S/C20H24ClN3O2/c1-4-23(26)17-9-10-20-18(12-17)19(11-13(2)24(20)14(3)25)22-16-7-5-15(21)6-8-16/h5-10,12-13,19,22,26H,4,11H2,1-3H3. The second-order valence-electron chi connectivity index (χ2n) is 6.64. The molecule has 2 atom stereocenters. The number of hydroxylamine groups is 1. The van der Waals surface area contributed by atoms with Gasteiger partial charge in [0.25, 0.3) is 0 Å². The van der Waals surface area contributed by atoms with Gasteiger partial charge in [0.2, 0.25) is 5.91 Å². The van der Waals surface area contributed by atoms with Crippen LogP contribution in [0, 0.1) is 0 Å². The first-order valence-electron chi connectivity index (χ1n) is 8.83. The van der Waals surface area contributed by atoms with E-state index in [2.05, 4.69) is 12.2 Å². The number of benzene rings is 2. The maximum Gasteiger partial charge on any atom is 0.224 e. The lowest BCUT2D eigenvalue weighted by molar-refractivity contribution is -0.117. The molecular formula is C20H24ClN3O2. The van der Waals surface area contributed by atoms with Gasteiger partial charge in [0.05, 0.1) is 11.7 Å². The zero-order chi connectivity index (χ0) is 18.8. The van der Waals surface area contributed by atoms with Gasteiger partial charge in [0.1, 0.15) is 0 Å². The largest absolute Gasteiger partial charge is 0.378 e. The Bertz CT molecular complexity index is 794. The Labute approximate surface area is 159 Å². The predicted octanol–water partition coefficient (Wildman–Crippen LogP) is 4.85. The number of nitrogens with zero attached hydrogens (tertiary/aromatic N) is 2. The van der Waals surface area contributed by atoms with Gasteiger partial charge in [-0.05, 0) is 62.7 Å². The molecule has 0 radical (unpaired) electrons. The molecule has 1 amide bonds. The van der Waals surface area contributed by atoms with E-state index in [1.165, 1.54) is 5.06 Å². The number of carbonyl (C=O) groups excluding carboxylic acids is 1. The highest BCUT2D eigenvalue weighted by molar-refractivity contribution is 6.30. The van der Waals surface area contributed by atoms with E-state index in [9.17, 15) is 10.0 Å². The molecular weight excluding hydrogens is 350 g/mol. The molecule has 2 aromatic carbocycles. The number of halogens is 1. The third-order valence-electron chi connectivity index (χ3n) is 4.79. The zero-order valence-electron chi connectivity index (χ0n) is 15.2. The quantitative estimate of drug-likeness (QED) is 0.752. The summed E-state index contributed by atoms with van der Waals surface area (Å²) in [7, 11) is 0. The van der Waals surface area contributed by atoms with Crippen molar-refractivity contribution in [2.45, 2.75) is 39.3 Å². The molecule has 1 aliphatic heterocycles. The summed E-state index contributed by atoms with van der Waals surface area (Å²) >= 11 is 5.98. The molecule has 2 N–H and O–H groups in total. The van der Waals surface area contributed by atoms with Gasteiger partial charge in [-0.3, -0.25) is 15.1 Å². The number of nitrogens with one attached hydrogen (secondary N) is 1. The average Bonchev–Trinajstić information content (AvgIpc) is 2.62. The van der Waals surface area contributed by atoms with Crippen LogP contribution in [0.4, 0.5) is 17.1 Å². The lowest BCUT2D eigenvalue weighted by Crippen LogP contribution is -2.43. The molecule has 0 saturated carbocycles. The van der Waals surface area contributed by atoms with Crippen LogP contribution in [0.3, 0.4) is 0 Å². The van der Waals surface area contributed by atoms with Crippen LogP contribution in [-0.4, -0.2) is 23.7 Å². The van der Waals surface area contributed by atoms with Crippen LogP contribution in [0.15, 0.2) is 42.5 Å². The van der Waals surface area contributed by atoms with E-state index in [4.69, 9.17) is 11.6 Å². The molecule has 0 aliphatic carbocycles. The zero-order valence-corrected chi connectivity index (χ0v) is 16.0. The van der Waals surface area contributed by atoms with Crippen molar-refractivity contribution in [1.29, 1.82) is 0 Å². The van der Waals surface area contributed by atoms with Gasteiger partial charge in [-0.2, -0.15) is 0 Å². The van der Waals surface area contributed by atoms with Crippen molar-refractivity contribution in [3.63, 3.8) is 0 Å². The Morgan fingerprint density at radius 1 is 1.31 bits per heavy atom. The molecule has 6 heteroatoms. The first-order chi connectivity index (χ1) is 12.4. The van der Waals surface area contributed by atoms with Crippen molar-refractivity contribution in [2.75, 3.05) is 21.8 Å². The minimum atomic E-state index is 0.0211. The van der Waals surface area contributed by atoms with Crippen LogP contribution < -0.4 is 15.3 Å². The maximum absolute atomic E-state index is 12.2. The summed E-state index contributed by atoms with van der Waals surface area (Å²) in [6, 6.07) is 13.4. The summed E-state index contributed by atoms with van der Waals surface area (Å²) in [6.07, 6.45) is 0.774. The van der Waals surface area contributed by atoms with Crippen LogP contribution >= 0.6 is 11.6 Å². The third-order valence-corrected chi connectivity index (χ3v) is 5.04. The van der Waals surface area contributed by atoms with Gasteiger partial charge < -0.3 is 10.2 Å². The summed E-state index contributed by atoms with van der Waals surface area (Å²) in [5.74, 6) is 0.0211. The predicted molar refractivity (Wildman–Crippen MR) is 106 cm³/mol. The molecule has 5 nitrogen and oxygen atoms in total. The molecule has 0 bridgehead atoms. The highest BCUT2D eigenvalue weighted by atomic mass is 35.5. The fourth-order valence-corrected chi connectivity index (χ4v) is 3.68. The number of hydrogen-bond acceptors (Lipinski definition) is 4. The van der Waals surface area contributed by atoms with Crippen molar-refractivity contribution < 1.29 is 10.0 Å². The van der Waals surface area contributed by atoms with Gasteiger partial charge in [0.15, 0.2) is 0 Å². The van der Waals surface area contributed by atoms with Crippen LogP contribution in [0.2, 0.25) is 5.02 Å². The molecule has 0 spiro atoms. The van der Waals surface area contributed by atoms with Gasteiger partial charge in [0, 0.05) is 41.5 Å². The first kappa shape index (κ1) is 18.5. The molecule has 3 rings (SSSR count). The fourth-order valence-electron chi connectivity index (χ4n) is 3.56. The summed E-state index contributed by atoms with van der Waals surface area (Å²) < 4.78 is 0. The molecule has 138 valence electrons. The lowest BCUT2D eigenvalue weighted by Gasteiger charge is -2.40. The van der Waals surface area contributed by atoms with E-state index < -0.39 is 0 Å². The first-order valence-corrected chi connectivity index (χ1v) is 9.20. The highest BCUT2D eigenvalue weighted by Crippen LogP contribution is 2.40. The fraction of sp³-hybridized carbons (Fsp3) is 0.350. The van der Waals surface area contributed by atoms with E-state index in [0.717, 1.165) is 23.4 Å². The summed E-state index contributed by atoms with van der Waals surface area (Å²) in [6.45, 7) is 6.01. The average molecular weight is 374 g/mol. The lowest BCUT2D eigenvalue weighted by atomic mass is 9.90. The van der Waals surface area contributed by atoms with Crippen molar-refractivity contribution in [3.05, 3.63) is 53.1 Å². The van der Waals surface area contributed by atoms with Crippen molar-refractivity contribution in [1.82, 2.24) is 0 Å². The van der Waals surface area contributed by atoms with Crippen LogP contribution in [-0.2, 0) is 4.79 Å². The minimum absolute atomic E-state index is 0.0211. The number of anilines is 3. The smallest absolute Gasteiger partial charge is 0.224 e. The van der Waals surface area contributed by atoms with Crippen molar-refractivity contribution in [2.24, 2.45) is 0 Å². The van der Waals surface area contributed by atoms with Crippen molar-refractivity contribution >= 4 is 34.6 Å². The maximum atomic E-state index is 12.2. The SMILES string of the molecule is CCN(O)c1ccc2c(c1)C(Nc1ccc(Cl)cc1)CC(C)N2C(C)=O. The Hall–Kier alpha value is -2.24. The van der Waals surface area contributed by atoms with E-state index in [1.807, 2.05) is 54.3 Å². The van der Waals surface area contributed by atoms with Gasteiger partial charge >= 0.3 is 0 Å². The summed E-state index contributed by atoms with van der Waals surface area (Å²) in [5.41, 5.74) is 3.57. The van der Waals surface area contributed by atoms with E-state index in [-0.39, 0.29) is 18.0 Å². The Balaban J connectivity index is 2.01. The Morgan fingerprint density at radius 3 is 2.62 bits per heavy atom. The van der Waals surface area contributed by atoms with Crippen LogP contribution in [0.5, 0.6) is 0 Å². The molecule has 0 aromatic heterocycles. The van der Waals surface area contributed by atoms with Gasteiger partial charge in [-0.25, -0.2) is 0 Å². The molecule has 1 aliphatic rings. The van der Waals surface area contributed by atoms with Gasteiger partial charge in [-0.1, -0.05) is 11.6 Å². The molecule has 0 saturated heterocycles. The topological polar surface area (TPSA) is 55.8 Å². The summed E-state index contributed by atoms with van der Waals surface area (Å²) in [5, 5.41) is 15.5. The molecule has 2 aromatic rings. The highest BCUT2D eigenvalue weighted by Gasteiger charge is 2.32. The minimum Gasteiger partial charge on any atom is -0.378 e. The number of carbonyl (C=O) groups is 1. The van der Waals surface area contributed by atoms with Gasteiger partial charge in [-0.15, -0.1) is 0 Å². The molecule has 1 heterocycles. The number of fused-ring (bicyclic) bond motifs is 1. The monoisotopic (exact) mass is 373 g/mol. The van der Waals surface area contributed by atoms with Crippen LogP contribution in [0.25, 0.3) is 0 Å². The second kappa shape index (κ2) is 7.56. The molecule has 26 heavy (non-hydrogen) atoms. The summed E-state index contributed by atoms with van der Waals surface area (Å²) in [4.78, 5) is 14.0. The molecule has 0 fully saturated rings. The third kappa shape index (κ3) is 3.64. The van der Waals surface area contributed by atoms with E-state index >= 15 is 0 Å². The molecule has 2 unspecified atom stereocenters. The van der Waals surface area contributed by atoms with E-state index in [1.54, 1.807) is 6.92 Å². The second-order valence-corrected chi connectivity index (χ2v) is 7.07. The Morgan fingerprint density at radius 2 is 2.00 bits per heavy atom. The number of amides is 1.